The molecule has 2 aromatic rings. The lowest BCUT2D eigenvalue weighted by Crippen LogP contribution is -2.52. The lowest BCUT2D eigenvalue weighted by Gasteiger charge is -2.25. The van der Waals surface area contributed by atoms with Crippen LogP contribution in [0, 0.1) is 0 Å². The Balaban J connectivity index is 1.88. The first-order valence-electron chi connectivity index (χ1n) is 8.40. The number of nitrogens with one attached hydrogen (secondary N) is 1. The van der Waals surface area contributed by atoms with Crippen LogP contribution < -0.4 is 14.8 Å². The molecule has 1 fully saturated rings. The van der Waals surface area contributed by atoms with Crippen LogP contribution in [0.2, 0.25) is 10.0 Å². The molecule has 0 aromatic heterocycles. The molecule has 0 aliphatic carbocycles. The zero-order valence-corrected chi connectivity index (χ0v) is 17.8. The minimum atomic E-state index is -0.573. The Kier molecular flexibility index (Phi) is 6.42. The Morgan fingerprint density at radius 3 is 2.52 bits per heavy atom. The van der Waals surface area contributed by atoms with Crippen LogP contribution in [-0.2, 0) is 16.2 Å². The largest absolute Gasteiger partial charge is 0.493 e. The molecule has 29 heavy (non-hydrogen) atoms. The lowest BCUT2D eigenvalue weighted by atomic mass is 10.1. The van der Waals surface area contributed by atoms with Gasteiger partial charge in [-0.15, -0.1) is 0 Å². The molecule has 2 amide bonds. The molecule has 9 heteroatoms. The summed E-state index contributed by atoms with van der Waals surface area (Å²) < 4.78 is 11.2. The quantitative estimate of drug-likeness (QED) is 0.425. The molecule has 0 unspecified atom stereocenters. The summed E-state index contributed by atoms with van der Waals surface area (Å²) in [6, 6.07) is 10.4. The van der Waals surface area contributed by atoms with Crippen molar-refractivity contribution in [2.24, 2.45) is 0 Å². The van der Waals surface area contributed by atoms with E-state index < -0.39 is 11.8 Å². The third kappa shape index (κ3) is 4.70. The Labute approximate surface area is 183 Å². The van der Waals surface area contributed by atoms with E-state index >= 15 is 0 Å². The van der Waals surface area contributed by atoms with E-state index in [1.165, 1.54) is 25.1 Å². The van der Waals surface area contributed by atoms with Crippen LogP contribution in [-0.4, -0.2) is 36.0 Å². The van der Waals surface area contributed by atoms with Gasteiger partial charge in [-0.1, -0.05) is 35.3 Å². The summed E-state index contributed by atoms with van der Waals surface area (Å²) in [6.45, 7) is 0.261. The highest BCUT2D eigenvalue weighted by Gasteiger charge is 2.30. The molecule has 1 aliphatic heterocycles. The summed E-state index contributed by atoms with van der Waals surface area (Å²) >= 11 is 17.2. The van der Waals surface area contributed by atoms with Crippen molar-refractivity contribution >= 4 is 58.4 Å². The number of rotatable bonds is 5. The molecule has 0 saturated carbocycles. The van der Waals surface area contributed by atoms with E-state index in [-0.39, 0.29) is 22.3 Å². The van der Waals surface area contributed by atoms with Gasteiger partial charge in [0.25, 0.3) is 11.8 Å². The third-order valence-electron chi connectivity index (χ3n) is 4.16. The number of likely N-dealkylation sites (N-methyl/N-ethyl adjacent to an activating group) is 1. The van der Waals surface area contributed by atoms with Crippen molar-refractivity contribution < 1.29 is 19.1 Å². The van der Waals surface area contributed by atoms with Crippen LogP contribution in [0.3, 0.4) is 0 Å². The number of carbonyl (C=O) groups is 2. The fourth-order valence-electron chi connectivity index (χ4n) is 2.61. The average molecular weight is 451 g/mol. The van der Waals surface area contributed by atoms with Gasteiger partial charge in [0, 0.05) is 12.1 Å². The van der Waals surface area contributed by atoms with Gasteiger partial charge in [-0.05, 0) is 53.7 Å². The van der Waals surface area contributed by atoms with Gasteiger partial charge in [-0.3, -0.25) is 19.8 Å². The van der Waals surface area contributed by atoms with Crippen molar-refractivity contribution in [3.8, 4) is 11.5 Å². The summed E-state index contributed by atoms with van der Waals surface area (Å²) in [5.74, 6) is -0.358. The Morgan fingerprint density at radius 1 is 1.17 bits per heavy atom. The highest BCUT2D eigenvalue weighted by Crippen LogP contribution is 2.37. The van der Waals surface area contributed by atoms with Gasteiger partial charge in [-0.25, -0.2) is 0 Å². The topological polar surface area (TPSA) is 67.9 Å². The SMILES string of the molecule is COc1cc(/C=C2\C(=O)NC(=S)N(C)C2=O)cc(Cl)c1OCc1ccc(Cl)cc1. The smallest absolute Gasteiger partial charge is 0.265 e. The van der Waals surface area contributed by atoms with Crippen molar-refractivity contribution in [2.75, 3.05) is 14.2 Å². The van der Waals surface area contributed by atoms with Gasteiger partial charge in [0.05, 0.1) is 12.1 Å². The molecule has 2 aromatic carbocycles. The second kappa shape index (κ2) is 8.82. The van der Waals surface area contributed by atoms with Crippen LogP contribution in [0.1, 0.15) is 11.1 Å². The van der Waals surface area contributed by atoms with E-state index in [1.54, 1.807) is 24.3 Å². The van der Waals surface area contributed by atoms with Crippen LogP contribution in [0.4, 0.5) is 0 Å². The van der Waals surface area contributed by atoms with Crippen LogP contribution in [0.5, 0.6) is 11.5 Å². The second-order valence-electron chi connectivity index (χ2n) is 6.13. The second-order valence-corrected chi connectivity index (χ2v) is 7.36. The van der Waals surface area contributed by atoms with E-state index in [2.05, 4.69) is 5.32 Å². The first-order valence-corrected chi connectivity index (χ1v) is 9.56. The first kappa shape index (κ1) is 21.1. The number of carbonyl (C=O) groups excluding carboxylic acids is 2. The highest BCUT2D eigenvalue weighted by molar-refractivity contribution is 7.80. The van der Waals surface area contributed by atoms with E-state index in [0.717, 1.165) is 5.56 Å². The van der Waals surface area contributed by atoms with Gasteiger partial charge < -0.3 is 9.47 Å². The summed E-state index contributed by atoms with van der Waals surface area (Å²) in [5.41, 5.74) is 1.35. The molecule has 1 aliphatic rings. The van der Waals surface area contributed by atoms with E-state index in [0.29, 0.717) is 22.1 Å². The molecule has 1 saturated heterocycles. The zero-order chi connectivity index (χ0) is 21.1. The lowest BCUT2D eigenvalue weighted by molar-refractivity contribution is -0.128. The standard InChI is InChI=1S/C20H16Cl2N2O4S/c1-24-19(26)14(18(25)23-20(24)29)7-12-8-15(22)17(16(9-12)27-2)28-10-11-3-5-13(21)6-4-11/h3-9H,10H2,1-2H3,(H,23,25,29)/b14-7+. The maximum atomic E-state index is 12.4. The highest BCUT2D eigenvalue weighted by atomic mass is 35.5. The van der Waals surface area contributed by atoms with Crippen LogP contribution in [0.15, 0.2) is 42.0 Å². The van der Waals surface area contributed by atoms with Crippen molar-refractivity contribution in [3.63, 3.8) is 0 Å². The van der Waals surface area contributed by atoms with E-state index in [4.69, 9.17) is 44.9 Å². The van der Waals surface area contributed by atoms with Crippen LogP contribution >= 0.6 is 35.4 Å². The molecular formula is C20H16Cl2N2O4S. The summed E-state index contributed by atoms with van der Waals surface area (Å²) in [7, 11) is 2.96. The number of thiocarbonyl (C=S) groups is 1. The van der Waals surface area contributed by atoms with Gasteiger partial charge in [0.2, 0.25) is 0 Å². The minimum Gasteiger partial charge on any atom is -0.493 e. The fourth-order valence-corrected chi connectivity index (χ4v) is 3.19. The molecule has 1 heterocycles. The molecule has 0 radical (unpaired) electrons. The Hall–Kier alpha value is -2.61. The molecule has 0 bridgehead atoms. The maximum Gasteiger partial charge on any atom is 0.265 e. The Bertz CT molecular complexity index is 1020. The molecular weight excluding hydrogens is 435 g/mol. The molecule has 6 nitrogen and oxygen atoms in total. The minimum absolute atomic E-state index is 0.0544. The molecule has 1 N–H and O–H groups in total. The number of nitrogens with zero attached hydrogens (tertiary/aromatic N) is 1. The van der Waals surface area contributed by atoms with E-state index in [1.807, 2.05) is 12.1 Å². The van der Waals surface area contributed by atoms with Gasteiger partial charge in [0.15, 0.2) is 16.6 Å². The average Bonchev–Trinajstić information content (AvgIpc) is 2.69. The number of amides is 2. The predicted molar refractivity (Wildman–Crippen MR) is 115 cm³/mol. The normalized spacial score (nSPS) is 15.5. The fraction of sp³-hybridized carbons (Fsp3) is 0.150. The van der Waals surface area contributed by atoms with E-state index in [9.17, 15) is 9.59 Å². The Morgan fingerprint density at radius 2 is 1.86 bits per heavy atom. The number of hydrogen-bond acceptors (Lipinski definition) is 5. The summed E-state index contributed by atoms with van der Waals surface area (Å²) in [6.07, 6.45) is 1.42. The van der Waals surface area contributed by atoms with Gasteiger partial charge >= 0.3 is 0 Å². The number of benzene rings is 2. The number of ether oxygens (including phenoxy) is 2. The molecule has 3 rings (SSSR count). The van der Waals surface area contributed by atoms with Crippen molar-refractivity contribution in [3.05, 3.63) is 63.1 Å². The first-order chi connectivity index (χ1) is 13.8. The van der Waals surface area contributed by atoms with Gasteiger partial charge in [0.1, 0.15) is 12.2 Å². The summed E-state index contributed by atoms with van der Waals surface area (Å²) in [5, 5.41) is 3.42. The van der Waals surface area contributed by atoms with Crippen molar-refractivity contribution in [1.82, 2.24) is 10.2 Å². The maximum absolute atomic E-state index is 12.4. The zero-order valence-electron chi connectivity index (χ0n) is 15.5. The number of halogens is 2. The van der Waals surface area contributed by atoms with Crippen molar-refractivity contribution in [2.45, 2.75) is 6.61 Å². The molecule has 150 valence electrons. The van der Waals surface area contributed by atoms with Crippen molar-refractivity contribution in [1.29, 1.82) is 0 Å². The number of methoxy groups -OCH3 is 1. The summed E-state index contributed by atoms with van der Waals surface area (Å²) in [4.78, 5) is 25.7. The third-order valence-corrected chi connectivity index (χ3v) is 5.07. The van der Waals surface area contributed by atoms with Gasteiger partial charge in [-0.2, -0.15) is 0 Å². The predicted octanol–water partition coefficient (Wildman–Crippen LogP) is 3.84. The van der Waals surface area contributed by atoms with Crippen LogP contribution in [0.25, 0.3) is 6.08 Å². The number of hydrogen-bond donors (Lipinski definition) is 1. The molecule has 0 spiro atoms. The monoisotopic (exact) mass is 450 g/mol. The molecule has 0 atom stereocenters.